The molecule has 6 nitrogen and oxygen atoms in total. The molecule has 2 rings (SSSR count). The van der Waals surface area contributed by atoms with Crippen molar-refractivity contribution >= 4 is 32.5 Å². The van der Waals surface area contributed by atoms with Crippen molar-refractivity contribution in [3.63, 3.8) is 0 Å². The number of methoxy groups -OCH3 is 2. The zero-order valence-corrected chi connectivity index (χ0v) is 15.7. The average Bonchev–Trinajstić information content (AvgIpc) is 2.58. The van der Waals surface area contributed by atoms with E-state index in [1.165, 1.54) is 0 Å². The van der Waals surface area contributed by atoms with Gasteiger partial charge in [-0.25, -0.2) is 8.42 Å². The van der Waals surface area contributed by atoms with Crippen molar-refractivity contribution < 1.29 is 17.9 Å². The summed E-state index contributed by atoms with van der Waals surface area (Å²) < 4.78 is 35.2. The third-order valence-corrected chi connectivity index (χ3v) is 4.22. The zero-order valence-electron chi connectivity index (χ0n) is 14.1. The van der Waals surface area contributed by atoms with Crippen molar-refractivity contribution in [1.82, 2.24) is 0 Å². The van der Waals surface area contributed by atoms with Crippen molar-refractivity contribution in [2.45, 2.75) is 6.54 Å². The minimum Gasteiger partial charge on any atom is -0.493 e. The summed E-state index contributed by atoms with van der Waals surface area (Å²) >= 11 is 6.26. The number of sulfonamides is 1. The highest BCUT2D eigenvalue weighted by atomic mass is 35.5. The van der Waals surface area contributed by atoms with Crippen LogP contribution in [0.15, 0.2) is 47.5 Å². The smallest absolute Gasteiger partial charge is 0.229 e. The van der Waals surface area contributed by atoms with Gasteiger partial charge in [-0.2, -0.15) is 0 Å². The normalized spacial score (nSPS) is 11.9. The molecule has 2 aromatic rings. The molecule has 0 saturated carbocycles. The van der Waals surface area contributed by atoms with E-state index >= 15 is 0 Å². The SMILES string of the molecule is COc1ccc(C(Cl)=NCc2ccc(NS(C)(=O)=O)cc2)cc1OC. The molecule has 2 aromatic carbocycles. The second kappa shape index (κ2) is 8.22. The number of benzene rings is 2. The van der Waals surface area contributed by atoms with Crippen LogP contribution in [0.1, 0.15) is 11.1 Å². The van der Waals surface area contributed by atoms with Crippen LogP contribution in [0.4, 0.5) is 5.69 Å². The van der Waals surface area contributed by atoms with Gasteiger partial charge < -0.3 is 9.47 Å². The standard InChI is InChI=1S/C17H19ClN2O4S/c1-23-15-9-6-13(10-16(15)24-2)17(18)19-11-12-4-7-14(8-5-12)20-25(3,21)22/h4-10,20H,11H2,1-3H3. The summed E-state index contributed by atoms with van der Waals surface area (Å²) in [6.07, 6.45) is 1.11. The molecule has 0 aromatic heterocycles. The molecule has 0 aliphatic heterocycles. The number of hydrogen-bond acceptors (Lipinski definition) is 5. The fourth-order valence-corrected chi connectivity index (χ4v) is 2.85. The van der Waals surface area contributed by atoms with Gasteiger partial charge in [-0.1, -0.05) is 23.7 Å². The fourth-order valence-electron chi connectivity index (χ4n) is 2.11. The van der Waals surface area contributed by atoms with E-state index in [0.29, 0.717) is 28.9 Å². The quantitative estimate of drug-likeness (QED) is 0.745. The summed E-state index contributed by atoms with van der Waals surface area (Å²) in [4.78, 5) is 4.35. The molecule has 0 fully saturated rings. The van der Waals surface area contributed by atoms with E-state index in [4.69, 9.17) is 21.1 Å². The van der Waals surface area contributed by atoms with Gasteiger partial charge in [0.25, 0.3) is 0 Å². The number of rotatable bonds is 7. The number of aliphatic imine (C=N–C) groups is 1. The molecule has 0 amide bonds. The second-order valence-electron chi connectivity index (χ2n) is 5.25. The fraction of sp³-hybridized carbons (Fsp3) is 0.235. The molecule has 0 radical (unpaired) electrons. The highest BCUT2D eigenvalue weighted by molar-refractivity contribution is 7.92. The zero-order chi connectivity index (χ0) is 18.4. The largest absolute Gasteiger partial charge is 0.493 e. The Morgan fingerprint density at radius 3 is 2.28 bits per heavy atom. The molecule has 0 atom stereocenters. The number of hydrogen-bond donors (Lipinski definition) is 1. The van der Waals surface area contributed by atoms with Gasteiger partial charge in [0.1, 0.15) is 5.17 Å². The van der Waals surface area contributed by atoms with E-state index in [1.54, 1.807) is 56.7 Å². The van der Waals surface area contributed by atoms with Crippen LogP contribution < -0.4 is 14.2 Å². The molecule has 0 aliphatic carbocycles. The minimum atomic E-state index is -3.28. The molecule has 25 heavy (non-hydrogen) atoms. The first-order chi connectivity index (χ1) is 11.8. The predicted molar refractivity (Wildman–Crippen MR) is 101 cm³/mol. The maximum absolute atomic E-state index is 11.2. The van der Waals surface area contributed by atoms with E-state index in [2.05, 4.69) is 9.71 Å². The van der Waals surface area contributed by atoms with Crippen LogP contribution in [0.25, 0.3) is 0 Å². The van der Waals surface area contributed by atoms with Crippen LogP contribution in [0.2, 0.25) is 0 Å². The Labute approximate surface area is 152 Å². The van der Waals surface area contributed by atoms with Gasteiger partial charge in [0.05, 0.1) is 27.0 Å². The molecule has 0 spiro atoms. The lowest BCUT2D eigenvalue weighted by Crippen LogP contribution is -2.09. The van der Waals surface area contributed by atoms with Crippen molar-refractivity contribution in [2.75, 3.05) is 25.2 Å². The van der Waals surface area contributed by atoms with Crippen molar-refractivity contribution in [1.29, 1.82) is 0 Å². The van der Waals surface area contributed by atoms with Gasteiger partial charge in [-0.3, -0.25) is 9.71 Å². The van der Waals surface area contributed by atoms with Crippen LogP contribution in [-0.2, 0) is 16.6 Å². The number of nitrogens with zero attached hydrogens (tertiary/aromatic N) is 1. The third-order valence-electron chi connectivity index (χ3n) is 3.28. The molecular weight excluding hydrogens is 364 g/mol. The van der Waals surface area contributed by atoms with Gasteiger partial charge in [0.2, 0.25) is 10.0 Å². The van der Waals surface area contributed by atoms with Crippen LogP contribution in [-0.4, -0.2) is 34.1 Å². The molecule has 1 N–H and O–H groups in total. The Bertz CT molecular complexity index is 865. The van der Waals surface area contributed by atoms with Gasteiger partial charge in [0.15, 0.2) is 11.5 Å². The lowest BCUT2D eigenvalue weighted by atomic mass is 10.2. The molecular formula is C17H19ClN2O4S. The maximum Gasteiger partial charge on any atom is 0.229 e. The van der Waals surface area contributed by atoms with E-state index in [9.17, 15) is 8.42 Å². The topological polar surface area (TPSA) is 77.0 Å². The molecule has 0 heterocycles. The maximum atomic E-state index is 11.2. The molecule has 8 heteroatoms. The summed E-state index contributed by atoms with van der Waals surface area (Å²) in [6, 6.07) is 12.2. The third kappa shape index (κ3) is 5.65. The molecule has 0 unspecified atom stereocenters. The minimum absolute atomic E-state index is 0.347. The van der Waals surface area contributed by atoms with Gasteiger partial charge in [0, 0.05) is 11.3 Å². The lowest BCUT2D eigenvalue weighted by molar-refractivity contribution is 0.355. The van der Waals surface area contributed by atoms with Crippen molar-refractivity contribution in [3.8, 4) is 11.5 Å². The Morgan fingerprint density at radius 1 is 1.08 bits per heavy atom. The lowest BCUT2D eigenvalue weighted by Gasteiger charge is -2.09. The van der Waals surface area contributed by atoms with Crippen LogP contribution in [0, 0.1) is 0 Å². The van der Waals surface area contributed by atoms with Crippen LogP contribution in [0.5, 0.6) is 11.5 Å². The molecule has 134 valence electrons. The van der Waals surface area contributed by atoms with E-state index < -0.39 is 10.0 Å². The van der Waals surface area contributed by atoms with Crippen LogP contribution in [0.3, 0.4) is 0 Å². The average molecular weight is 383 g/mol. The summed E-state index contributed by atoms with van der Waals surface area (Å²) in [5, 5.41) is 0.347. The van der Waals surface area contributed by atoms with Crippen LogP contribution >= 0.6 is 11.6 Å². The van der Waals surface area contributed by atoms with Crippen molar-refractivity contribution in [3.05, 3.63) is 53.6 Å². The van der Waals surface area contributed by atoms with E-state index in [1.807, 2.05) is 0 Å². The predicted octanol–water partition coefficient (Wildman–Crippen LogP) is 3.26. The Hall–Kier alpha value is -2.25. The first-order valence-corrected chi connectivity index (χ1v) is 9.58. The van der Waals surface area contributed by atoms with E-state index in [0.717, 1.165) is 17.4 Å². The monoisotopic (exact) mass is 382 g/mol. The number of halogens is 1. The van der Waals surface area contributed by atoms with Gasteiger partial charge in [-0.15, -0.1) is 0 Å². The van der Waals surface area contributed by atoms with E-state index in [-0.39, 0.29) is 0 Å². The highest BCUT2D eigenvalue weighted by Crippen LogP contribution is 2.28. The Morgan fingerprint density at radius 2 is 1.72 bits per heavy atom. The second-order valence-corrected chi connectivity index (χ2v) is 7.35. The number of nitrogens with one attached hydrogen (secondary N) is 1. The number of anilines is 1. The summed E-state index contributed by atoms with van der Waals surface area (Å²) in [5.74, 6) is 1.19. The van der Waals surface area contributed by atoms with Gasteiger partial charge in [-0.05, 0) is 35.9 Å². The Balaban J connectivity index is 2.10. The number of ether oxygens (including phenoxy) is 2. The van der Waals surface area contributed by atoms with Gasteiger partial charge >= 0.3 is 0 Å². The summed E-state index contributed by atoms with van der Waals surface area (Å²) in [5.41, 5.74) is 2.12. The Kier molecular flexibility index (Phi) is 6.27. The summed E-state index contributed by atoms with van der Waals surface area (Å²) in [7, 11) is -0.166. The molecule has 0 aliphatic rings. The summed E-state index contributed by atoms with van der Waals surface area (Å²) in [6.45, 7) is 0.367. The van der Waals surface area contributed by atoms with Crippen molar-refractivity contribution in [2.24, 2.45) is 4.99 Å². The highest BCUT2D eigenvalue weighted by Gasteiger charge is 2.08. The first-order valence-electron chi connectivity index (χ1n) is 7.31. The molecule has 0 bridgehead atoms. The molecule has 0 saturated heterocycles. The first kappa shape index (κ1) is 19.1.